The van der Waals surface area contributed by atoms with Gasteiger partial charge in [0.15, 0.2) is 0 Å². The monoisotopic (exact) mass is 295 g/mol. The van der Waals surface area contributed by atoms with E-state index in [1.807, 2.05) is 19.2 Å². The molecule has 1 fully saturated rings. The Morgan fingerprint density at radius 1 is 1.35 bits per heavy atom. The summed E-state index contributed by atoms with van der Waals surface area (Å²) in [6.45, 7) is 2.54. The summed E-state index contributed by atoms with van der Waals surface area (Å²) in [5.41, 5.74) is 2.32. The molecule has 0 saturated carbocycles. The Balaban J connectivity index is 2.12. The quantitative estimate of drug-likeness (QED) is 0.893. The highest BCUT2D eigenvalue weighted by Crippen LogP contribution is 2.33. The van der Waals surface area contributed by atoms with E-state index in [0.717, 1.165) is 43.2 Å². The lowest BCUT2D eigenvalue weighted by Gasteiger charge is -2.34. The van der Waals surface area contributed by atoms with Crippen molar-refractivity contribution in [2.45, 2.75) is 19.4 Å². The molecule has 4 nitrogen and oxygen atoms in total. The maximum Gasteiger partial charge on any atom is 0.222 e. The van der Waals surface area contributed by atoms with E-state index in [1.54, 1.807) is 7.05 Å². The van der Waals surface area contributed by atoms with Crippen LogP contribution in [-0.4, -0.2) is 33.1 Å². The fourth-order valence-electron chi connectivity index (χ4n) is 2.82. The number of benzene rings is 1. The summed E-state index contributed by atoms with van der Waals surface area (Å²) in [7, 11) is 3.64. The van der Waals surface area contributed by atoms with Gasteiger partial charge in [0.25, 0.3) is 0 Å². The second kappa shape index (κ2) is 6.95. The highest BCUT2D eigenvalue weighted by Gasteiger charge is 2.26. The first-order chi connectivity index (χ1) is 9.67. The predicted molar refractivity (Wildman–Crippen MR) is 83.2 cm³/mol. The topological polar surface area (TPSA) is 44.4 Å². The lowest BCUT2D eigenvalue weighted by atomic mass is 9.95. The van der Waals surface area contributed by atoms with Crippen LogP contribution in [0.5, 0.6) is 0 Å². The maximum atomic E-state index is 11.7. The van der Waals surface area contributed by atoms with Crippen LogP contribution < -0.4 is 15.5 Å². The molecule has 0 aromatic heterocycles. The van der Waals surface area contributed by atoms with Gasteiger partial charge in [-0.1, -0.05) is 23.7 Å². The lowest BCUT2D eigenvalue weighted by molar-refractivity contribution is -0.125. The molecule has 0 bridgehead atoms. The Kier molecular flexibility index (Phi) is 5.26. The zero-order valence-corrected chi connectivity index (χ0v) is 12.8. The smallest absolute Gasteiger partial charge is 0.222 e. The van der Waals surface area contributed by atoms with Crippen molar-refractivity contribution in [3.05, 3.63) is 28.8 Å². The third-order valence-corrected chi connectivity index (χ3v) is 4.17. The van der Waals surface area contributed by atoms with Crippen LogP contribution >= 0.6 is 11.6 Å². The Bertz CT molecular complexity index is 470. The molecule has 1 saturated heterocycles. The molecule has 0 aliphatic carbocycles. The number of anilines is 1. The number of nitrogens with one attached hydrogen (secondary N) is 2. The molecule has 1 aliphatic heterocycles. The Morgan fingerprint density at radius 2 is 2.05 bits per heavy atom. The summed E-state index contributed by atoms with van der Waals surface area (Å²) in [4.78, 5) is 14.0. The summed E-state index contributed by atoms with van der Waals surface area (Å²) >= 11 is 6.38. The van der Waals surface area contributed by atoms with Crippen molar-refractivity contribution < 1.29 is 4.79 Å². The van der Waals surface area contributed by atoms with Crippen molar-refractivity contribution in [1.29, 1.82) is 0 Å². The van der Waals surface area contributed by atoms with E-state index in [-0.39, 0.29) is 11.8 Å². The van der Waals surface area contributed by atoms with E-state index < -0.39 is 0 Å². The van der Waals surface area contributed by atoms with Gasteiger partial charge in [-0.3, -0.25) is 4.79 Å². The minimum atomic E-state index is 0.131. The van der Waals surface area contributed by atoms with Crippen LogP contribution in [0.15, 0.2) is 18.2 Å². The highest BCUT2D eigenvalue weighted by molar-refractivity contribution is 6.33. The molecule has 1 aromatic rings. The van der Waals surface area contributed by atoms with Crippen LogP contribution in [0.4, 0.5) is 5.69 Å². The number of halogens is 1. The molecule has 0 unspecified atom stereocenters. The zero-order chi connectivity index (χ0) is 14.5. The molecule has 2 rings (SSSR count). The van der Waals surface area contributed by atoms with Crippen LogP contribution in [0.3, 0.4) is 0 Å². The van der Waals surface area contributed by atoms with Crippen molar-refractivity contribution in [1.82, 2.24) is 10.6 Å². The second-order valence-electron chi connectivity index (χ2n) is 5.15. The average Bonchev–Trinajstić information content (AvgIpc) is 2.47. The van der Waals surface area contributed by atoms with Crippen molar-refractivity contribution in [3.63, 3.8) is 0 Å². The van der Waals surface area contributed by atoms with Gasteiger partial charge in [0.1, 0.15) is 0 Å². The van der Waals surface area contributed by atoms with Gasteiger partial charge in [-0.05, 0) is 31.5 Å². The molecule has 0 radical (unpaired) electrons. The Hall–Kier alpha value is -1.26. The summed E-state index contributed by atoms with van der Waals surface area (Å²) in [6.07, 6.45) is 1.76. The number of hydrogen-bond donors (Lipinski definition) is 2. The summed E-state index contributed by atoms with van der Waals surface area (Å²) in [5, 5.41) is 6.70. The maximum absolute atomic E-state index is 11.7. The van der Waals surface area contributed by atoms with Crippen LogP contribution in [0.2, 0.25) is 5.02 Å². The molecular formula is C15H22ClN3O. The predicted octanol–water partition coefficient (Wildman–Crippen LogP) is 2.02. The van der Waals surface area contributed by atoms with E-state index in [1.165, 1.54) is 5.56 Å². The molecule has 0 spiro atoms. The number of piperidine rings is 1. The molecule has 1 aromatic carbocycles. The molecular weight excluding hydrogens is 274 g/mol. The van der Waals surface area contributed by atoms with Gasteiger partial charge in [-0.2, -0.15) is 0 Å². The number of carbonyl (C=O) groups is 1. The number of amides is 1. The molecule has 0 atom stereocenters. The average molecular weight is 296 g/mol. The molecule has 5 heteroatoms. The zero-order valence-electron chi connectivity index (χ0n) is 12.1. The fourth-order valence-corrected chi connectivity index (χ4v) is 3.13. The minimum Gasteiger partial charge on any atom is -0.370 e. The molecule has 1 aliphatic rings. The van der Waals surface area contributed by atoms with Gasteiger partial charge in [0.2, 0.25) is 5.91 Å². The van der Waals surface area contributed by atoms with Crippen LogP contribution in [0.25, 0.3) is 0 Å². The Morgan fingerprint density at radius 3 is 2.65 bits per heavy atom. The van der Waals surface area contributed by atoms with Crippen molar-refractivity contribution >= 4 is 23.2 Å². The third-order valence-electron chi connectivity index (χ3n) is 3.87. The van der Waals surface area contributed by atoms with Gasteiger partial charge in [0, 0.05) is 32.6 Å². The van der Waals surface area contributed by atoms with Crippen molar-refractivity contribution in [2.24, 2.45) is 5.92 Å². The van der Waals surface area contributed by atoms with Crippen molar-refractivity contribution in [3.8, 4) is 0 Å². The molecule has 1 amide bonds. The minimum absolute atomic E-state index is 0.131. The molecule has 2 N–H and O–H groups in total. The normalized spacial score (nSPS) is 16.2. The van der Waals surface area contributed by atoms with Crippen molar-refractivity contribution in [2.75, 3.05) is 32.1 Å². The van der Waals surface area contributed by atoms with Gasteiger partial charge in [-0.15, -0.1) is 0 Å². The molecule has 110 valence electrons. The summed E-state index contributed by atoms with van der Waals surface area (Å²) < 4.78 is 0. The van der Waals surface area contributed by atoms with Gasteiger partial charge >= 0.3 is 0 Å². The van der Waals surface area contributed by atoms with Gasteiger partial charge < -0.3 is 15.5 Å². The summed E-state index contributed by atoms with van der Waals surface area (Å²) in [5.74, 6) is 0.283. The van der Waals surface area contributed by atoms with E-state index in [0.29, 0.717) is 0 Å². The van der Waals surface area contributed by atoms with Crippen LogP contribution in [0.1, 0.15) is 18.4 Å². The second-order valence-corrected chi connectivity index (χ2v) is 5.56. The first-order valence-electron chi connectivity index (χ1n) is 7.06. The standard InChI is InChI=1S/C15H22ClN3O/c1-17-10-12-4-3-5-13(16)14(12)19-8-6-11(7-9-19)15(20)18-2/h3-5,11,17H,6-10H2,1-2H3,(H,18,20). The van der Waals surface area contributed by atoms with Gasteiger partial charge in [0.05, 0.1) is 10.7 Å². The molecule has 1 heterocycles. The van der Waals surface area contributed by atoms with E-state index in [9.17, 15) is 4.79 Å². The van der Waals surface area contributed by atoms with Crippen LogP contribution in [0, 0.1) is 5.92 Å². The fraction of sp³-hybridized carbons (Fsp3) is 0.533. The van der Waals surface area contributed by atoms with E-state index >= 15 is 0 Å². The van der Waals surface area contributed by atoms with E-state index in [2.05, 4.69) is 21.6 Å². The first-order valence-corrected chi connectivity index (χ1v) is 7.43. The van der Waals surface area contributed by atoms with Crippen LogP contribution in [-0.2, 0) is 11.3 Å². The summed E-state index contributed by atoms with van der Waals surface area (Å²) in [6, 6.07) is 6.01. The largest absolute Gasteiger partial charge is 0.370 e. The lowest BCUT2D eigenvalue weighted by Crippen LogP contribution is -2.40. The Labute approximate surface area is 125 Å². The first kappa shape index (κ1) is 15.1. The number of rotatable bonds is 4. The molecule has 20 heavy (non-hydrogen) atoms. The number of hydrogen-bond acceptors (Lipinski definition) is 3. The number of para-hydroxylation sites is 1. The third kappa shape index (κ3) is 3.25. The SMILES string of the molecule is CNCc1cccc(Cl)c1N1CCC(C(=O)NC)CC1. The van der Waals surface area contributed by atoms with E-state index in [4.69, 9.17) is 11.6 Å². The van der Waals surface area contributed by atoms with Gasteiger partial charge in [-0.25, -0.2) is 0 Å². The highest BCUT2D eigenvalue weighted by atomic mass is 35.5. The number of nitrogens with zero attached hydrogens (tertiary/aromatic N) is 1. The number of carbonyl (C=O) groups excluding carboxylic acids is 1.